The Morgan fingerprint density at radius 2 is 1.91 bits per heavy atom. The van der Waals surface area contributed by atoms with E-state index in [9.17, 15) is 19.4 Å². The lowest BCUT2D eigenvalue weighted by Crippen LogP contribution is -2.23. The predicted octanol–water partition coefficient (Wildman–Crippen LogP) is 3.01. The number of nitrogens with zero attached hydrogens (tertiary/aromatic N) is 1. The molecule has 1 aliphatic heterocycles. The second kappa shape index (κ2) is 5.02. The standard InChI is InChI=1S/C17H16FNO3/c1-9-6-14(20)16(21)15-12(9)8-19(17(15)22)7-11-3-4-13(18)10(2)5-11/h3-6,20-21H,7-8H2,1-2H3. The van der Waals surface area contributed by atoms with E-state index in [2.05, 4.69) is 0 Å². The molecule has 2 aromatic carbocycles. The van der Waals surface area contributed by atoms with Gasteiger partial charge >= 0.3 is 0 Å². The van der Waals surface area contributed by atoms with Crippen molar-refractivity contribution in [3.8, 4) is 11.5 Å². The third-order valence-electron chi connectivity index (χ3n) is 4.06. The first kappa shape index (κ1) is 14.4. The molecule has 114 valence electrons. The van der Waals surface area contributed by atoms with Gasteiger partial charge in [0.05, 0.1) is 5.56 Å². The average molecular weight is 301 g/mol. The topological polar surface area (TPSA) is 60.8 Å². The molecule has 0 spiro atoms. The molecule has 1 amide bonds. The van der Waals surface area contributed by atoms with Crippen LogP contribution in [0.2, 0.25) is 0 Å². The third-order valence-corrected chi connectivity index (χ3v) is 4.06. The monoisotopic (exact) mass is 301 g/mol. The van der Waals surface area contributed by atoms with E-state index in [1.807, 2.05) is 0 Å². The average Bonchev–Trinajstić information content (AvgIpc) is 2.78. The number of rotatable bonds is 2. The Kier molecular flexibility index (Phi) is 3.28. The molecule has 5 heteroatoms. The molecule has 0 atom stereocenters. The first-order valence-electron chi connectivity index (χ1n) is 6.97. The van der Waals surface area contributed by atoms with Crippen LogP contribution in [0.5, 0.6) is 11.5 Å². The van der Waals surface area contributed by atoms with E-state index in [-0.39, 0.29) is 28.8 Å². The molecular weight excluding hydrogens is 285 g/mol. The highest BCUT2D eigenvalue weighted by Crippen LogP contribution is 2.39. The first-order chi connectivity index (χ1) is 10.4. The Hall–Kier alpha value is -2.56. The number of aromatic hydroxyl groups is 2. The molecule has 1 aliphatic rings. The number of amides is 1. The minimum Gasteiger partial charge on any atom is -0.504 e. The maximum Gasteiger partial charge on any atom is 0.258 e. The molecule has 22 heavy (non-hydrogen) atoms. The summed E-state index contributed by atoms with van der Waals surface area (Å²) in [4.78, 5) is 14.0. The lowest BCUT2D eigenvalue weighted by molar-refractivity contribution is 0.0764. The van der Waals surface area contributed by atoms with E-state index in [1.165, 1.54) is 12.1 Å². The summed E-state index contributed by atoms with van der Waals surface area (Å²) in [6, 6.07) is 6.18. The number of carbonyl (C=O) groups excluding carboxylic acids is 1. The van der Waals surface area contributed by atoms with Gasteiger partial charge in [0.25, 0.3) is 5.91 Å². The van der Waals surface area contributed by atoms with Gasteiger partial charge in [-0.1, -0.05) is 12.1 Å². The second-order valence-corrected chi connectivity index (χ2v) is 5.66. The number of phenolic OH excluding ortho intramolecular Hbond substituents is 2. The van der Waals surface area contributed by atoms with Crippen LogP contribution in [0.25, 0.3) is 0 Å². The van der Waals surface area contributed by atoms with Crippen molar-refractivity contribution in [2.45, 2.75) is 26.9 Å². The van der Waals surface area contributed by atoms with Crippen molar-refractivity contribution in [2.75, 3.05) is 0 Å². The maximum atomic E-state index is 13.3. The summed E-state index contributed by atoms with van der Waals surface area (Å²) in [6.45, 7) is 4.16. The van der Waals surface area contributed by atoms with E-state index in [0.717, 1.165) is 16.7 Å². The minimum atomic E-state index is -0.372. The van der Waals surface area contributed by atoms with Crippen molar-refractivity contribution in [1.29, 1.82) is 0 Å². The van der Waals surface area contributed by atoms with Gasteiger partial charge in [-0.05, 0) is 48.2 Å². The lowest BCUT2D eigenvalue weighted by atomic mass is 10.0. The molecule has 1 heterocycles. The van der Waals surface area contributed by atoms with Gasteiger partial charge in [0.1, 0.15) is 5.82 Å². The molecule has 0 bridgehead atoms. The number of aryl methyl sites for hydroxylation is 2. The van der Waals surface area contributed by atoms with Crippen LogP contribution < -0.4 is 0 Å². The highest BCUT2D eigenvalue weighted by molar-refractivity contribution is 6.02. The van der Waals surface area contributed by atoms with Crippen LogP contribution >= 0.6 is 0 Å². The molecule has 0 saturated heterocycles. The van der Waals surface area contributed by atoms with E-state index in [1.54, 1.807) is 30.9 Å². The molecule has 4 nitrogen and oxygen atoms in total. The third kappa shape index (κ3) is 2.19. The molecule has 3 rings (SSSR count). The number of carbonyl (C=O) groups is 1. The van der Waals surface area contributed by atoms with Crippen LogP contribution in [0.3, 0.4) is 0 Å². The molecule has 0 unspecified atom stereocenters. The van der Waals surface area contributed by atoms with Crippen molar-refractivity contribution in [3.63, 3.8) is 0 Å². The fourth-order valence-electron chi connectivity index (χ4n) is 2.84. The minimum absolute atomic E-state index is 0.163. The normalized spacial score (nSPS) is 13.6. The fraction of sp³-hybridized carbons (Fsp3) is 0.235. The van der Waals surface area contributed by atoms with Gasteiger partial charge in [-0.25, -0.2) is 4.39 Å². The Bertz CT molecular complexity index is 786. The van der Waals surface area contributed by atoms with Crippen LogP contribution in [0.15, 0.2) is 24.3 Å². The summed E-state index contributed by atoms with van der Waals surface area (Å²) < 4.78 is 13.3. The number of halogens is 1. The zero-order chi connectivity index (χ0) is 16.0. The van der Waals surface area contributed by atoms with E-state index in [4.69, 9.17) is 0 Å². The summed E-state index contributed by atoms with van der Waals surface area (Å²) in [5, 5.41) is 19.6. The molecule has 0 fully saturated rings. The maximum absolute atomic E-state index is 13.3. The Morgan fingerprint density at radius 3 is 2.59 bits per heavy atom. The molecule has 2 N–H and O–H groups in total. The van der Waals surface area contributed by atoms with Gasteiger partial charge in [-0.15, -0.1) is 0 Å². The lowest BCUT2D eigenvalue weighted by Gasteiger charge is -2.16. The smallest absolute Gasteiger partial charge is 0.258 e. The van der Waals surface area contributed by atoms with Crippen LogP contribution in [-0.2, 0) is 13.1 Å². The molecule has 0 saturated carbocycles. The quantitative estimate of drug-likeness (QED) is 0.838. The van der Waals surface area contributed by atoms with Gasteiger partial charge in [0, 0.05) is 13.1 Å². The van der Waals surface area contributed by atoms with Gasteiger partial charge < -0.3 is 15.1 Å². The second-order valence-electron chi connectivity index (χ2n) is 5.66. The fourth-order valence-corrected chi connectivity index (χ4v) is 2.84. The number of fused-ring (bicyclic) bond motifs is 1. The van der Waals surface area contributed by atoms with E-state index >= 15 is 0 Å². The molecule has 0 aliphatic carbocycles. The number of phenols is 2. The largest absolute Gasteiger partial charge is 0.504 e. The Morgan fingerprint density at radius 1 is 1.18 bits per heavy atom. The molecular formula is C17H16FNO3. The Balaban J connectivity index is 1.93. The van der Waals surface area contributed by atoms with E-state index < -0.39 is 0 Å². The summed E-state index contributed by atoms with van der Waals surface area (Å²) in [6.07, 6.45) is 0. The highest BCUT2D eigenvalue weighted by Gasteiger charge is 2.33. The number of benzene rings is 2. The van der Waals surface area contributed by atoms with Gasteiger partial charge in [-0.3, -0.25) is 4.79 Å². The predicted molar refractivity (Wildman–Crippen MR) is 79.2 cm³/mol. The molecule has 0 radical (unpaired) electrons. The van der Waals surface area contributed by atoms with Crippen molar-refractivity contribution in [1.82, 2.24) is 4.90 Å². The van der Waals surface area contributed by atoms with Gasteiger partial charge in [-0.2, -0.15) is 0 Å². The molecule has 2 aromatic rings. The molecule has 0 aromatic heterocycles. The summed E-state index contributed by atoms with van der Waals surface area (Å²) in [5.74, 6) is -1.26. The van der Waals surface area contributed by atoms with Gasteiger partial charge in [0.2, 0.25) is 0 Å². The van der Waals surface area contributed by atoms with Crippen LogP contribution in [0.1, 0.15) is 32.6 Å². The summed E-state index contributed by atoms with van der Waals surface area (Å²) in [7, 11) is 0. The van der Waals surface area contributed by atoms with Crippen LogP contribution in [-0.4, -0.2) is 21.0 Å². The van der Waals surface area contributed by atoms with Crippen LogP contribution in [0.4, 0.5) is 4.39 Å². The number of hydrogen-bond acceptors (Lipinski definition) is 3. The van der Waals surface area contributed by atoms with E-state index in [0.29, 0.717) is 18.7 Å². The summed E-state index contributed by atoms with van der Waals surface area (Å²) >= 11 is 0. The van der Waals surface area contributed by atoms with Gasteiger partial charge in [0.15, 0.2) is 11.5 Å². The Labute approximate surface area is 127 Å². The van der Waals surface area contributed by atoms with Crippen LogP contribution in [0, 0.1) is 19.7 Å². The van der Waals surface area contributed by atoms with Crippen molar-refractivity contribution in [2.24, 2.45) is 0 Å². The summed E-state index contributed by atoms with van der Waals surface area (Å²) in [5.41, 5.74) is 2.99. The first-order valence-corrected chi connectivity index (χ1v) is 6.97. The number of hydrogen-bond donors (Lipinski definition) is 2. The van der Waals surface area contributed by atoms with Crippen molar-refractivity contribution < 1.29 is 19.4 Å². The van der Waals surface area contributed by atoms with Crippen molar-refractivity contribution >= 4 is 5.91 Å². The SMILES string of the molecule is Cc1cc(CN2Cc3c(C)cc(O)c(O)c3C2=O)ccc1F. The zero-order valence-electron chi connectivity index (χ0n) is 12.4. The highest BCUT2D eigenvalue weighted by atomic mass is 19.1. The zero-order valence-corrected chi connectivity index (χ0v) is 12.4. The van der Waals surface area contributed by atoms with Crippen molar-refractivity contribution in [3.05, 3.63) is 57.9 Å².